The fourth-order valence-corrected chi connectivity index (χ4v) is 2.31. The molecule has 0 amide bonds. The van der Waals surface area contributed by atoms with Crippen molar-refractivity contribution in [3.63, 3.8) is 0 Å². The Hall–Kier alpha value is -1.82. The summed E-state index contributed by atoms with van der Waals surface area (Å²) in [5.41, 5.74) is 1.77. The first-order chi connectivity index (χ1) is 8.65. The molecule has 2 N–H and O–H groups in total. The van der Waals surface area contributed by atoms with E-state index in [1.807, 2.05) is 0 Å². The third-order valence-electron chi connectivity index (χ3n) is 2.90. The summed E-state index contributed by atoms with van der Waals surface area (Å²) in [5, 5.41) is 3.09. The highest BCUT2D eigenvalue weighted by molar-refractivity contribution is 7.71. The third-order valence-corrected chi connectivity index (χ3v) is 3.09. The van der Waals surface area contributed by atoms with Crippen LogP contribution >= 0.6 is 12.2 Å². The van der Waals surface area contributed by atoms with E-state index < -0.39 is 11.6 Å². The minimum Gasteiger partial charge on any atom is -0.369 e. The molecule has 0 bridgehead atoms. The van der Waals surface area contributed by atoms with E-state index in [4.69, 9.17) is 12.2 Å². The Kier molecular flexibility index (Phi) is 2.59. The van der Waals surface area contributed by atoms with Gasteiger partial charge in [-0.15, -0.1) is 0 Å². The van der Waals surface area contributed by atoms with Gasteiger partial charge in [-0.1, -0.05) is 0 Å². The number of nitrogens with zero attached hydrogens (tertiary/aromatic N) is 1. The van der Waals surface area contributed by atoms with Crippen molar-refractivity contribution in [2.45, 2.75) is 6.42 Å². The monoisotopic (exact) mass is 265 g/mol. The summed E-state index contributed by atoms with van der Waals surface area (Å²) in [4.78, 5) is 7.02. The number of aromatic amines is 1. The molecule has 0 saturated carbocycles. The molecule has 1 aromatic heterocycles. The van der Waals surface area contributed by atoms with Crippen LogP contribution in [0.4, 0.5) is 14.6 Å². The molecule has 0 spiro atoms. The quantitative estimate of drug-likeness (QED) is 0.779. The van der Waals surface area contributed by atoms with Crippen molar-refractivity contribution in [1.29, 1.82) is 0 Å². The van der Waals surface area contributed by atoms with Gasteiger partial charge in [0.15, 0.2) is 4.77 Å². The van der Waals surface area contributed by atoms with Crippen molar-refractivity contribution >= 4 is 18.0 Å². The Balaban J connectivity index is 2.26. The lowest BCUT2D eigenvalue weighted by Gasteiger charge is -2.08. The number of anilines is 1. The van der Waals surface area contributed by atoms with Gasteiger partial charge in [-0.2, -0.15) is 0 Å². The van der Waals surface area contributed by atoms with Crippen LogP contribution in [0.25, 0.3) is 11.3 Å². The number of halogens is 2. The molecule has 1 aliphatic rings. The van der Waals surface area contributed by atoms with Crippen LogP contribution in [0, 0.1) is 16.4 Å². The van der Waals surface area contributed by atoms with E-state index in [2.05, 4.69) is 15.3 Å². The molecule has 3 rings (SSSR count). The minimum absolute atomic E-state index is 0.280. The molecule has 3 nitrogen and oxygen atoms in total. The molecule has 6 heteroatoms. The number of rotatable bonds is 1. The normalized spacial score (nSPS) is 13.2. The highest BCUT2D eigenvalue weighted by Gasteiger charge is 2.19. The Bertz CT molecular complexity index is 682. The molecule has 18 heavy (non-hydrogen) atoms. The van der Waals surface area contributed by atoms with Gasteiger partial charge in [0.2, 0.25) is 0 Å². The third kappa shape index (κ3) is 1.78. The first-order valence-corrected chi connectivity index (χ1v) is 5.88. The first kappa shape index (κ1) is 11.3. The van der Waals surface area contributed by atoms with Crippen molar-refractivity contribution < 1.29 is 8.78 Å². The second kappa shape index (κ2) is 4.13. The predicted octanol–water partition coefficient (Wildman–Crippen LogP) is 3.05. The molecule has 92 valence electrons. The number of hydrogen-bond acceptors (Lipinski definition) is 3. The summed E-state index contributed by atoms with van der Waals surface area (Å²) in [6, 6.07) is 3.50. The van der Waals surface area contributed by atoms with Crippen LogP contribution < -0.4 is 5.32 Å². The highest BCUT2D eigenvalue weighted by Crippen LogP contribution is 2.31. The summed E-state index contributed by atoms with van der Waals surface area (Å²) in [5.74, 6) is -0.530. The molecule has 0 saturated heterocycles. The maximum atomic E-state index is 13.8. The van der Waals surface area contributed by atoms with Crippen LogP contribution in [0.3, 0.4) is 0 Å². The zero-order valence-electron chi connectivity index (χ0n) is 9.26. The maximum absolute atomic E-state index is 13.8. The molecule has 0 radical (unpaired) electrons. The van der Waals surface area contributed by atoms with E-state index in [1.54, 1.807) is 0 Å². The van der Waals surface area contributed by atoms with Crippen molar-refractivity contribution in [1.82, 2.24) is 9.97 Å². The average Bonchev–Trinajstić information content (AvgIpc) is 2.76. The number of nitrogens with one attached hydrogen (secondary N) is 2. The molecular formula is C12H9F2N3S. The van der Waals surface area contributed by atoms with Gasteiger partial charge in [-0.25, -0.2) is 13.8 Å². The topological polar surface area (TPSA) is 40.7 Å². The maximum Gasteiger partial charge on any atom is 0.199 e. The lowest BCUT2D eigenvalue weighted by Crippen LogP contribution is -1.97. The van der Waals surface area contributed by atoms with Crippen LogP contribution in [-0.4, -0.2) is 16.5 Å². The number of aromatic nitrogens is 2. The molecular weight excluding hydrogens is 256 g/mol. The van der Waals surface area contributed by atoms with Crippen molar-refractivity contribution in [3.05, 3.63) is 40.2 Å². The summed E-state index contributed by atoms with van der Waals surface area (Å²) in [7, 11) is 0. The van der Waals surface area contributed by atoms with Gasteiger partial charge in [0.1, 0.15) is 17.5 Å². The highest BCUT2D eigenvalue weighted by atomic mass is 32.1. The zero-order chi connectivity index (χ0) is 12.7. The lowest BCUT2D eigenvalue weighted by molar-refractivity contribution is 0.585. The van der Waals surface area contributed by atoms with Crippen molar-refractivity contribution in [2.24, 2.45) is 0 Å². The van der Waals surface area contributed by atoms with E-state index in [1.165, 1.54) is 12.1 Å². The number of hydrogen-bond donors (Lipinski definition) is 2. The summed E-state index contributed by atoms with van der Waals surface area (Å²) >= 11 is 5.01. The fourth-order valence-electron chi connectivity index (χ4n) is 2.12. The molecule has 2 aromatic rings. The first-order valence-electron chi connectivity index (χ1n) is 5.47. The van der Waals surface area contributed by atoms with E-state index in [9.17, 15) is 8.78 Å². The molecule has 0 atom stereocenters. The fraction of sp³-hybridized carbons (Fsp3) is 0.167. The second-order valence-electron chi connectivity index (χ2n) is 4.05. The van der Waals surface area contributed by atoms with Gasteiger partial charge in [-0.05, 0) is 30.8 Å². The SMILES string of the molecule is Fc1ccc(-c2[nH]c(=S)nc3c2CCN3)c(F)c1. The van der Waals surface area contributed by atoms with Crippen molar-refractivity contribution in [3.8, 4) is 11.3 Å². The molecule has 1 aromatic carbocycles. The van der Waals surface area contributed by atoms with Gasteiger partial charge < -0.3 is 10.3 Å². The Morgan fingerprint density at radius 1 is 1.28 bits per heavy atom. The number of fused-ring (bicyclic) bond motifs is 1. The predicted molar refractivity (Wildman–Crippen MR) is 67.0 cm³/mol. The second-order valence-corrected chi connectivity index (χ2v) is 4.43. The number of H-pyrrole nitrogens is 1. The van der Waals surface area contributed by atoms with Crippen molar-refractivity contribution in [2.75, 3.05) is 11.9 Å². The summed E-state index contributed by atoms with van der Waals surface area (Å²) in [6.45, 7) is 0.741. The average molecular weight is 265 g/mol. The smallest absolute Gasteiger partial charge is 0.199 e. The van der Waals surface area contributed by atoms with Crippen LogP contribution in [0.1, 0.15) is 5.56 Å². The Morgan fingerprint density at radius 2 is 2.11 bits per heavy atom. The summed E-state index contributed by atoms with van der Waals surface area (Å²) in [6.07, 6.45) is 0.737. The van der Waals surface area contributed by atoms with Gasteiger partial charge in [0.25, 0.3) is 0 Å². The Labute approximate surface area is 107 Å². The minimum atomic E-state index is -0.610. The Morgan fingerprint density at radius 3 is 2.89 bits per heavy atom. The largest absolute Gasteiger partial charge is 0.369 e. The van der Waals surface area contributed by atoms with Gasteiger partial charge in [0.05, 0.1) is 5.69 Å². The molecule has 0 fully saturated rings. The molecule has 0 aliphatic carbocycles. The van der Waals surface area contributed by atoms with Crippen LogP contribution in [-0.2, 0) is 6.42 Å². The van der Waals surface area contributed by atoms with Crippen LogP contribution in [0.2, 0.25) is 0 Å². The standard InChI is InChI=1S/C12H9F2N3S/c13-6-1-2-7(9(14)5-6)10-8-3-4-15-11(8)17-12(18)16-10/h1-2,5H,3-4H2,(H2,15,16,17,18). The van der Waals surface area contributed by atoms with E-state index in [0.29, 0.717) is 17.1 Å². The van der Waals surface area contributed by atoms with E-state index >= 15 is 0 Å². The van der Waals surface area contributed by atoms with E-state index in [0.717, 1.165) is 24.6 Å². The lowest BCUT2D eigenvalue weighted by atomic mass is 10.1. The summed E-state index contributed by atoms with van der Waals surface area (Å²) < 4.78 is 27.0. The van der Waals surface area contributed by atoms with Gasteiger partial charge >= 0.3 is 0 Å². The molecule has 1 aliphatic heterocycles. The molecule has 2 heterocycles. The van der Waals surface area contributed by atoms with Crippen LogP contribution in [0.5, 0.6) is 0 Å². The van der Waals surface area contributed by atoms with Gasteiger partial charge in [0, 0.05) is 23.7 Å². The van der Waals surface area contributed by atoms with Crippen LogP contribution in [0.15, 0.2) is 18.2 Å². The zero-order valence-corrected chi connectivity index (χ0v) is 10.1. The molecule has 0 unspecified atom stereocenters. The van der Waals surface area contributed by atoms with E-state index in [-0.39, 0.29) is 4.77 Å². The van der Waals surface area contributed by atoms with Gasteiger partial charge in [-0.3, -0.25) is 0 Å². The number of benzene rings is 1.